The van der Waals surface area contributed by atoms with Gasteiger partial charge in [-0.15, -0.1) is 0 Å². The van der Waals surface area contributed by atoms with Gasteiger partial charge in [0.05, 0.1) is 0 Å². The summed E-state index contributed by atoms with van der Waals surface area (Å²) in [4.78, 5) is 14.7. The van der Waals surface area contributed by atoms with Gasteiger partial charge in [0.25, 0.3) is 0 Å². The van der Waals surface area contributed by atoms with Crippen molar-refractivity contribution in [3.05, 3.63) is 29.8 Å². The number of nitrogens with one attached hydrogen (secondary N) is 1. The third kappa shape index (κ3) is 2.52. The number of fused-ring (bicyclic) bond motifs is 1. The van der Waals surface area contributed by atoms with Crippen molar-refractivity contribution in [2.45, 2.75) is 39.7 Å². The number of para-hydroxylation sites is 1. The average Bonchev–Trinajstić information content (AvgIpc) is 2.45. The van der Waals surface area contributed by atoms with Gasteiger partial charge in [0.2, 0.25) is 5.91 Å². The summed E-state index contributed by atoms with van der Waals surface area (Å²) in [6, 6.07) is 8.58. The van der Waals surface area contributed by atoms with Crippen LogP contribution in [0, 0.1) is 5.41 Å². The van der Waals surface area contributed by atoms with Crippen LogP contribution in [0.25, 0.3) is 0 Å². The van der Waals surface area contributed by atoms with E-state index in [9.17, 15) is 4.79 Å². The molecule has 1 amide bonds. The number of amides is 1. The zero-order chi connectivity index (χ0) is 14.0. The fourth-order valence-corrected chi connectivity index (χ4v) is 2.59. The fraction of sp³-hybridized carbons (Fsp3) is 0.562. The molecule has 0 aromatic heterocycles. The highest BCUT2D eigenvalue weighted by Gasteiger charge is 2.35. The molecule has 0 bridgehead atoms. The van der Waals surface area contributed by atoms with Crippen LogP contribution in [0.15, 0.2) is 24.3 Å². The maximum absolute atomic E-state index is 12.7. The molecular weight excluding hydrogens is 236 g/mol. The quantitative estimate of drug-likeness (QED) is 0.905. The van der Waals surface area contributed by atoms with Crippen molar-refractivity contribution in [2.75, 3.05) is 18.5 Å². The van der Waals surface area contributed by atoms with Crippen molar-refractivity contribution in [1.29, 1.82) is 0 Å². The molecule has 1 aromatic carbocycles. The maximum atomic E-state index is 12.7. The summed E-state index contributed by atoms with van der Waals surface area (Å²) >= 11 is 0. The minimum atomic E-state index is -0.292. The fourth-order valence-electron chi connectivity index (χ4n) is 2.59. The second-order valence-corrected chi connectivity index (χ2v) is 5.88. The number of hydrogen-bond acceptors (Lipinski definition) is 2. The van der Waals surface area contributed by atoms with Gasteiger partial charge in [0.15, 0.2) is 0 Å². The van der Waals surface area contributed by atoms with Crippen molar-refractivity contribution >= 4 is 11.6 Å². The lowest BCUT2D eigenvalue weighted by atomic mass is 9.86. The highest BCUT2D eigenvalue weighted by molar-refractivity contribution is 5.98. The Morgan fingerprint density at radius 1 is 1.42 bits per heavy atom. The number of carbonyl (C=O) groups excluding carboxylic acids is 1. The first-order valence-corrected chi connectivity index (χ1v) is 7.09. The highest BCUT2D eigenvalue weighted by atomic mass is 16.2. The molecule has 1 unspecified atom stereocenters. The second kappa shape index (κ2) is 5.33. The third-order valence-electron chi connectivity index (χ3n) is 4.30. The van der Waals surface area contributed by atoms with E-state index < -0.39 is 0 Å². The lowest BCUT2D eigenvalue weighted by Gasteiger charge is -2.38. The molecule has 3 nitrogen and oxygen atoms in total. The standard InChI is InChI=1S/C16H24N2O/c1-5-16(2,3)15(19)18-11-10-13(17-4)12-8-6-7-9-14(12)18/h6-9,13,17H,5,10-11H2,1-4H3. The predicted octanol–water partition coefficient (Wildman–Crippen LogP) is 3.12. The smallest absolute Gasteiger partial charge is 0.232 e. The van der Waals surface area contributed by atoms with E-state index in [2.05, 4.69) is 24.4 Å². The Labute approximate surface area is 116 Å². The van der Waals surface area contributed by atoms with E-state index in [1.54, 1.807) is 0 Å². The molecule has 1 aliphatic rings. The summed E-state index contributed by atoms with van der Waals surface area (Å²) in [5, 5.41) is 3.33. The maximum Gasteiger partial charge on any atom is 0.232 e. The number of anilines is 1. The molecule has 1 heterocycles. The Morgan fingerprint density at radius 3 is 2.74 bits per heavy atom. The molecule has 1 atom stereocenters. The summed E-state index contributed by atoms with van der Waals surface area (Å²) in [6.07, 6.45) is 1.83. The van der Waals surface area contributed by atoms with E-state index in [0.717, 1.165) is 25.1 Å². The van der Waals surface area contributed by atoms with Gasteiger partial charge < -0.3 is 10.2 Å². The van der Waals surface area contributed by atoms with Crippen LogP contribution in [0.4, 0.5) is 5.69 Å². The van der Waals surface area contributed by atoms with E-state index in [1.165, 1.54) is 5.56 Å². The molecular formula is C16H24N2O. The van der Waals surface area contributed by atoms with Gasteiger partial charge in [0.1, 0.15) is 0 Å². The normalized spacial score (nSPS) is 19.2. The summed E-state index contributed by atoms with van der Waals surface area (Å²) in [7, 11) is 1.98. The first-order valence-electron chi connectivity index (χ1n) is 7.09. The van der Waals surface area contributed by atoms with Crippen molar-refractivity contribution in [3.63, 3.8) is 0 Å². The van der Waals surface area contributed by atoms with Crippen LogP contribution >= 0.6 is 0 Å². The van der Waals surface area contributed by atoms with Crippen LogP contribution < -0.4 is 10.2 Å². The van der Waals surface area contributed by atoms with Crippen LogP contribution in [-0.4, -0.2) is 19.5 Å². The number of nitrogens with zero attached hydrogens (tertiary/aromatic N) is 1. The van der Waals surface area contributed by atoms with E-state index in [-0.39, 0.29) is 11.3 Å². The summed E-state index contributed by atoms with van der Waals surface area (Å²) < 4.78 is 0. The Kier molecular flexibility index (Phi) is 3.95. The third-order valence-corrected chi connectivity index (χ3v) is 4.30. The topological polar surface area (TPSA) is 32.3 Å². The molecule has 0 aliphatic carbocycles. The molecule has 104 valence electrons. The number of carbonyl (C=O) groups is 1. The van der Waals surface area contributed by atoms with Crippen molar-refractivity contribution < 1.29 is 4.79 Å². The van der Waals surface area contributed by atoms with Crippen molar-refractivity contribution in [1.82, 2.24) is 5.32 Å². The lowest BCUT2D eigenvalue weighted by Crippen LogP contribution is -2.45. The number of hydrogen-bond donors (Lipinski definition) is 1. The van der Waals surface area contributed by atoms with E-state index in [4.69, 9.17) is 0 Å². The van der Waals surface area contributed by atoms with Crippen LogP contribution in [0.1, 0.15) is 45.2 Å². The van der Waals surface area contributed by atoms with Gasteiger partial charge >= 0.3 is 0 Å². The van der Waals surface area contributed by atoms with Gasteiger partial charge in [0, 0.05) is 23.7 Å². The van der Waals surface area contributed by atoms with Gasteiger partial charge in [-0.2, -0.15) is 0 Å². The van der Waals surface area contributed by atoms with E-state index >= 15 is 0 Å². The Hall–Kier alpha value is -1.35. The van der Waals surface area contributed by atoms with Crippen molar-refractivity contribution in [2.24, 2.45) is 5.41 Å². The zero-order valence-corrected chi connectivity index (χ0v) is 12.4. The Balaban J connectivity index is 2.37. The summed E-state index contributed by atoms with van der Waals surface area (Å²) in [5.41, 5.74) is 2.01. The molecule has 1 N–H and O–H groups in total. The summed E-state index contributed by atoms with van der Waals surface area (Å²) in [6.45, 7) is 6.93. The van der Waals surface area contributed by atoms with Gasteiger partial charge in [-0.1, -0.05) is 39.0 Å². The first-order chi connectivity index (χ1) is 9.01. The second-order valence-electron chi connectivity index (χ2n) is 5.88. The van der Waals surface area contributed by atoms with E-state index in [1.807, 2.05) is 37.9 Å². The molecule has 19 heavy (non-hydrogen) atoms. The predicted molar refractivity (Wildman–Crippen MR) is 79.3 cm³/mol. The molecule has 0 spiro atoms. The summed E-state index contributed by atoms with van der Waals surface area (Å²) in [5.74, 6) is 0.233. The molecule has 0 saturated carbocycles. The Morgan fingerprint density at radius 2 is 2.11 bits per heavy atom. The largest absolute Gasteiger partial charge is 0.313 e. The van der Waals surface area contributed by atoms with Gasteiger partial charge in [-0.25, -0.2) is 0 Å². The minimum Gasteiger partial charge on any atom is -0.313 e. The van der Waals surface area contributed by atoms with Crippen LogP contribution in [0.5, 0.6) is 0 Å². The van der Waals surface area contributed by atoms with E-state index in [0.29, 0.717) is 6.04 Å². The van der Waals surface area contributed by atoms with Gasteiger partial charge in [-0.3, -0.25) is 4.79 Å². The zero-order valence-electron chi connectivity index (χ0n) is 12.4. The molecule has 2 rings (SSSR count). The highest BCUT2D eigenvalue weighted by Crippen LogP contribution is 2.36. The van der Waals surface area contributed by atoms with Crippen molar-refractivity contribution in [3.8, 4) is 0 Å². The molecule has 1 aliphatic heterocycles. The number of benzene rings is 1. The van der Waals surface area contributed by atoms with Crippen LogP contribution in [0.2, 0.25) is 0 Å². The monoisotopic (exact) mass is 260 g/mol. The minimum absolute atomic E-state index is 0.233. The van der Waals surface area contributed by atoms with Crippen LogP contribution in [-0.2, 0) is 4.79 Å². The number of rotatable bonds is 3. The lowest BCUT2D eigenvalue weighted by molar-refractivity contribution is -0.126. The van der Waals surface area contributed by atoms with Gasteiger partial charge in [-0.05, 0) is 31.5 Å². The average molecular weight is 260 g/mol. The SMILES string of the molecule is CCC(C)(C)C(=O)N1CCC(NC)c2ccccc21. The first kappa shape index (κ1) is 14.1. The Bertz CT molecular complexity index is 468. The molecule has 0 fully saturated rings. The molecule has 3 heteroatoms. The molecule has 0 saturated heterocycles. The van der Waals surface area contributed by atoms with Crippen LogP contribution in [0.3, 0.4) is 0 Å². The molecule has 0 radical (unpaired) electrons. The molecule has 1 aromatic rings.